The zero-order valence-corrected chi connectivity index (χ0v) is 11.7. The van der Waals surface area contributed by atoms with Gasteiger partial charge in [0.25, 0.3) is 5.91 Å². The molecule has 2 nitrogen and oxygen atoms in total. The van der Waals surface area contributed by atoms with Gasteiger partial charge in [0.1, 0.15) is 4.88 Å². The topological polar surface area (TPSA) is 29.1 Å². The van der Waals surface area contributed by atoms with Crippen LogP contribution in [0.3, 0.4) is 0 Å². The normalized spacial score (nSPS) is 12.5. The Morgan fingerprint density at radius 1 is 1.71 bits per heavy atom. The van der Waals surface area contributed by atoms with Crippen molar-refractivity contribution in [2.45, 2.75) is 19.4 Å². The van der Waals surface area contributed by atoms with Gasteiger partial charge in [-0.05, 0) is 40.7 Å². The second-order valence-corrected chi connectivity index (χ2v) is 5.51. The zero-order valence-electron chi connectivity index (χ0n) is 7.72. The Morgan fingerprint density at radius 3 is 2.93 bits per heavy atom. The van der Waals surface area contributed by atoms with Crippen LogP contribution in [0.2, 0.25) is 0 Å². The molecule has 0 saturated heterocycles. The van der Waals surface area contributed by atoms with Gasteiger partial charge in [-0.15, -0.1) is 11.3 Å². The molecule has 1 heterocycles. The fourth-order valence-corrected chi connectivity index (χ4v) is 3.12. The summed E-state index contributed by atoms with van der Waals surface area (Å²) in [5.41, 5.74) is 0. The average Bonchev–Trinajstić information content (AvgIpc) is 2.51. The van der Waals surface area contributed by atoms with Gasteiger partial charge in [-0.25, -0.2) is 0 Å². The molecule has 0 spiro atoms. The Hall–Kier alpha value is 0.130. The van der Waals surface area contributed by atoms with E-state index < -0.39 is 0 Å². The van der Waals surface area contributed by atoms with Crippen LogP contribution in [-0.2, 0) is 0 Å². The molecular weight excluding hydrogens is 330 g/mol. The Kier molecular flexibility index (Phi) is 5.12. The minimum atomic E-state index is 0.000301. The van der Waals surface area contributed by atoms with Gasteiger partial charge in [0, 0.05) is 15.8 Å². The first-order valence-corrected chi connectivity index (χ1v) is 7.04. The molecule has 1 rings (SSSR count). The number of rotatable bonds is 4. The second-order valence-electron chi connectivity index (χ2n) is 2.95. The largest absolute Gasteiger partial charge is 0.349 e. The van der Waals surface area contributed by atoms with Gasteiger partial charge >= 0.3 is 0 Å². The molecule has 1 aromatic heterocycles. The van der Waals surface area contributed by atoms with Crippen molar-refractivity contribution in [3.8, 4) is 0 Å². The number of halogens is 2. The molecule has 0 aliphatic rings. The monoisotopic (exact) mass is 339 g/mol. The maximum absolute atomic E-state index is 11.7. The first-order valence-electron chi connectivity index (χ1n) is 4.25. The van der Waals surface area contributed by atoms with Crippen molar-refractivity contribution in [3.63, 3.8) is 0 Å². The molecule has 14 heavy (non-hydrogen) atoms. The van der Waals surface area contributed by atoms with Crippen LogP contribution in [0.1, 0.15) is 23.0 Å². The van der Waals surface area contributed by atoms with E-state index >= 15 is 0 Å². The first kappa shape index (κ1) is 12.2. The summed E-state index contributed by atoms with van der Waals surface area (Å²) in [5, 5.41) is 5.74. The number of hydrogen-bond donors (Lipinski definition) is 1. The Labute approximate surface area is 104 Å². The minimum Gasteiger partial charge on any atom is -0.349 e. The van der Waals surface area contributed by atoms with E-state index in [1.807, 2.05) is 18.4 Å². The van der Waals surface area contributed by atoms with Crippen molar-refractivity contribution < 1.29 is 4.79 Å². The lowest BCUT2D eigenvalue weighted by Gasteiger charge is -2.11. The van der Waals surface area contributed by atoms with Crippen LogP contribution in [-0.4, -0.2) is 17.3 Å². The maximum atomic E-state index is 11.7. The van der Waals surface area contributed by atoms with Gasteiger partial charge in [-0.1, -0.05) is 15.9 Å². The van der Waals surface area contributed by atoms with Crippen molar-refractivity contribution in [3.05, 3.63) is 20.8 Å². The van der Waals surface area contributed by atoms with Gasteiger partial charge in [-0.2, -0.15) is 0 Å². The van der Waals surface area contributed by atoms with E-state index in [0.717, 1.165) is 21.1 Å². The molecule has 0 fully saturated rings. The van der Waals surface area contributed by atoms with Crippen molar-refractivity contribution in [2.24, 2.45) is 0 Å². The molecule has 1 aromatic rings. The van der Waals surface area contributed by atoms with E-state index in [0.29, 0.717) is 0 Å². The van der Waals surface area contributed by atoms with Gasteiger partial charge in [-0.3, -0.25) is 4.79 Å². The lowest BCUT2D eigenvalue weighted by atomic mass is 10.2. The van der Waals surface area contributed by atoms with Gasteiger partial charge in [0.15, 0.2) is 0 Å². The van der Waals surface area contributed by atoms with Gasteiger partial charge < -0.3 is 5.32 Å². The lowest BCUT2D eigenvalue weighted by Crippen LogP contribution is -2.32. The summed E-state index contributed by atoms with van der Waals surface area (Å²) >= 11 is 8.13. The van der Waals surface area contributed by atoms with E-state index in [1.54, 1.807) is 0 Å². The van der Waals surface area contributed by atoms with Crippen molar-refractivity contribution in [2.75, 3.05) is 5.33 Å². The minimum absolute atomic E-state index is 0.000301. The molecule has 78 valence electrons. The average molecular weight is 341 g/mol. The molecule has 1 amide bonds. The Bertz CT molecular complexity index is 314. The van der Waals surface area contributed by atoms with Crippen LogP contribution >= 0.6 is 43.2 Å². The Morgan fingerprint density at radius 2 is 2.43 bits per heavy atom. The number of hydrogen-bond acceptors (Lipinski definition) is 2. The quantitative estimate of drug-likeness (QED) is 0.836. The number of carbonyl (C=O) groups is 1. The summed E-state index contributed by atoms with van der Waals surface area (Å²) in [4.78, 5) is 12.4. The predicted octanol–water partition coefficient (Wildman–Crippen LogP) is 3.41. The third-order valence-electron chi connectivity index (χ3n) is 1.74. The van der Waals surface area contributed by atoms with E-state index in [1.165, 1.54) is 11.3 Å². The molecule has 1 N–H and O–H groups in total. The van der Waals surface area contributed by atoms with Crippen LogP contribution in [0.15, 0.2) is 15.9 Å². The molecule has 1 unspecified atom stereocenters. The van der Waals surface area contributed by atoms with Gasteiger partial charge in [0.2, 0.25) is 0 Å². The van der Waals surface area contributed by atoms with E-state index in [2.05, 4.69) is 37.2 Å². The summed E-state index contributed by atoms with van der Waals surface area (Å²) in [7, 11) is 0. The summed E-state index contributed by atoms with van der Waals surface area (Å²) in [6.45, 7) is 2.00. The van der Waals surface area contributed by atoms with Crippen molar-refractivity contribution in [1.82, 2.24) is 5.32 Å². The van der Waals surface area contributed by atoms with Crippen LogP contribution in [0.4, 0.5) is 0 Å². The number of thiophene rings is 1. The molecule has 0 aliphatic heterocycles. The van der Waals surface area contributed by atoms with Crippen LogP contribution < -0.4 is 5.32 Å². The number of alkyl halides is 1. The highest BCUT2D eigenvalue weighted by molar-refractivity contribution is 9.10. The first-order chi connectivity index (χ1) is 6.65. The van der Waals surface area contributed by atoms with Crippen molar-refractivity contribution in [1.29, 1.82) is 0 Å². The molecule has 0 aromatic carbocycles. The summed E-state index contributed by atoms with van der Waals surface area (Å²) in [5.74, 6) is 0.000301. The smallest absolute Gasteiger partial charge is 0.262 e. The Balaban J connectivity index is 2.55. The molecule has 0 radical (unpaired) electrons. The lowest BCUT2D eigenvalue weighted by molar-refractivity contribution is 0.0943. The molecule has 0 bridgehead atoms. The highest BCUT2D eigenvalue weighted by atomic mass is 79.9. The summed E-state index contributed by atoms with van der Waals surface area (Å²) in [6.07, 6.45) is 0.939. The van der Waals surface area contributed by atoms with Gasteiger partial charge in [0.05, 0.1) is 0 Å². The highest BCUT2D eigenvalue weighted by Crippen LogP contribution is 2.22. The molecule has 0 saturated carbocycles. The highest BCUT2D eigenvalue weighted by Gasteiger charge is 2.13. The SMILES string of the molecule is CC(CCBr)NC(=O)c1sccc1Br. The zero-order chi connectivity index (χ0) is 10.6. The maximum Gasteiger partial charge on any atom is 0.262 e. The standard InChI is InChI=1S/C9H11Br2NOS/c1-6(2-4-10)12-9(13)8-7(11)3-5-14-8/h3,5-6H,2,4H2,1H3,(H,12,13). The van der Waals surface area contributed by atoms with E-state index in [9.17, 15) is 4.79 Å². The van der Waals surface area contributed by atoms with E-state index in [4.69, 9.17) is 0 Å². The van der Waals surface area contributed by atoms with Crippen molar-refractivity contribution >= 4 is 49.1 Å². The fraction of sp³-hybridized carbons (Fsp3) is 0.444. The molecular formula is C9H11Br2NOS. The summed E-state index contributed by atoms with van der Waals surface area (Å²) in [6, 6.07) is 2.09. The number of amides is 1. The number of carbonyl (C=O) groups excluding carboxylic acids is 1. The third kappa shape index (κ3) is 3.37. The molecule has 5 heteroatoms. The fourth-order valence-electron chi connectivity index (χ4n) is 0.981. The van der Waals surface area contributed by atoms with E-state index in [-0.39, 0.29) is 11.9 Å². The third-order valence-corrected chi connectivity index (χ3v) is 4.04. The predicted molar refractivity (Wildman–Crippen MR) is 67.4 cm³/mol. The second kappa shape index (κ2) is 5.88. The number of nitrogens with one attached hydrogen (secondary N) is 1. The van der Waals surface area contributed by atoms with Crippen LogP contribution in [0.5, 0.6) is 0 Å². The van der Waals surface area contributed by atoms with Crippen LogP contribution in [0, 0.1) is 0 Å². The molecule has 1 atom stereocenters. The van der Waals surface area contributed by atoms with Crippen LogP contribution in [0.25, 0.3) is 0 Å². The molecule has 0 aliphatic carbocycles. The summed E-state index contributed by atoms with van der Waals surface area (Å²) < 4.78 is 0.867.